The fourth-order valence-corrected chi connectivity index (χ4v) is 5.62. The zero-order valence-corrected chi connectivity index (χ0v) is 29.4. The van der Waals surface area contributed by atoms with E-state index in [9.17, 15) is 28.8 Å². The van der Waals surface area contributed by atoms with E-state index in [1.807, 2.05) is 54.6 Å². The number of carbonyl (C=O) groups excluding carboxylic acids is 3. The highest BCUT2D eigenvalue weighted by atomic mass is 16.5. The van der Waals surface area contributed by atoms with Gasteiger partial charge in [0.15, 0.2) is 5.60 Å². The van der Waals surface area contributed by atoms with Crippen molar-refractivity contribution in [2.75, 3.05) is 69.5 Å². The first-order valence-electron chi connectivity index (χ1n) is 16.4. The molecule has 2 aliphatic rings. The van der Waals surface area contributed by atoms with E-state index in [1.54, 1.807) is 30.1 Å². The highest BCUT2D eigenvalue weighted by molar-refractivity contribution is 6.37. The smallest absolute Gasteiger partial charge is 0.337 e. The van der Waals surface area contributed by atoms with Gasteiger partial charge >= 0.3 is 23.9 Å². The number of esters is 1. The van der Waals surface area contributed by atoms with Crippen LogP contribution < -0.4 is 15.5 Å². The number of benzene rings is 3. The fraction of sp³-hybridized carbons (Fsp3) is 0.297. The van der Waals surface area contributed by atoms with Crippen LogP contribution in [0.3, 0.4) is 0 Å². The monoisotopic (exact) mass is 731 g/mol. The molecule has 2 aliphatic heterocycles. The third-order valence-electron chi connectivity index (χ3n) is 8.64. The predicted molar refractivity (Wildman–Crippen MR) is 194 cm³/mol. The number of amides is 2. The van der Waals surface area contributed by atoms with E-state index in [2.05, 4.69) is 27.5 Å². The minimum absolute atomic E-state index is 0.0444. The zero-order valence-electron chi connectivity index (χ0n) is 29.4. The van der Waals surface area contributed by atoms with Gasteiger partial charge in [-0.3, -0.25) is 24.1 Å². The highest BCUT2D eigenvalue weighted by Gasteiger charge is 2.40. The first kappa shape index (κ1) is 39.7. The molecular formula is C37H41N5O11. The normalized spacial score (nSPS) is 15.2. The van der Waals surface area contributed by atoms with Crippen molar-refractivity contribution in [3.8, 4) is 0 Å². The molecule has 280 valence electrons. The number of carboxylic acids is 3. The number of carboxylic acid groups (broad SMARTS) is 3. The minimum atomic E-state index is -2.74. The molecule has 0 spiro atoms. The van der Waals surface area contributed by atoms with Gasteiger partial charge in [0.05, 0.1) is 49.0 Å². The number of aliphatic carboxylic acids is 3. The van der Waals surface area contributed by atoms with Gasteiger partial charge in [-0.2, -0.15) is 0 Å². The van der Waals surface area contributed by atoms with Crippen molar-refractivity contribution in [1.29, 1.82) is 0 Å². The van der Waals surface area contributed by atoms with Gasteiger partial charge in [0.2, 0.25) is 5.91 Å². The number of ether oxygens (including phenoxy) is 1. The van der Waals surface area contributed by atoms with Gasteiger partial charge in [-0.05, 0) is 49.0 Å². The fourth-order valence-electron chi connectivity index (χ4n) is 5.62. The average molecular weight is 732 g/mol. The third kappa shape index (κ3) is 10.2. The minimum Gasteiger partial charge on any atom is -0.481 e. The van der Waals surface area contributed by atoms with Crippen molar-refractivity contribution < 1.29 is 53.9 Å². The van der Waals surface area contributed by atoms with Gasteiger partial charge in [-0.15, -0.1) is 0 Å². The summed E-state index contributed by atoms with van der Waals surface area (Å²) in [6.07, 6.45) is -2.29. The summed E-state index contributed by atoms with van der Waals surface area (Å²) in [5.41, 5.74) is 2.36. The second-order valence-corrected chi connectivity index (χ2v) is 12.5. The molecule has 0 radical (unpaired) electrons. The summed E-state index contributed by atoms with van der Waals surface area (Å²) in [5.74, 6) is -5.71. The first-order chi connectivity index (χ1) is 25.1. The molecule has 16 nitrogen and oxygen atoms in total. The van der Waals surface area contributed by atoms with Crippen molar-refractivity contribution in [3.05, 3.63) is 89.5 Å². The van der Waals surface area contributed by atoms with E-state index < -0.39 is 42.3 Å². The summed E-state index contributed by atoms with van der Waals surface area (Å²) in [6, 6.07) is 22.2. The Morgan fingerprint density at radius 3 is 2.02 bits per heavy atom. The maximum absolute atomic E-state index is 13.2. The number of carbonyl (C=O) groups is 6. The SMILES string of the molecule is COC(=O)c1ccc2c(c1)NC(=O)/C2=C(\Nc1ccc(N(C)C(=O)CN2CCN(C)CC2)cc1)c1ccccc1.O=C(O)CC(O)(CC(=O)O)C(=O)O. The van der Waals surface area contributed by atoms with Crippen LogP contribution in [0.15, 0.2) is 72.8 Å². The van der Waals surface area contributed by atoms with Crippen LogP contribution in [0.4, 0.5) is 17.1 Å². The molecule has 53 heavy (non-hydrogen) atoms. The highest BCUT2D eigenvalue weighted by Crippen LogP contribution is 2.38. The maximum atomic E-state index is 13.2. The largest absolute Gasteiger partial charge is 0.481 e. The molecule has 2 amide bonds. The Bertz CT molecular complexity index is 1870. The molecule has 2 heterocycles. The molecule has 0 aliphatic carbocycles. The van der Waals surface area contributed by atoms with Crippen LogP contribution in [0.2, 0.25) is 0 Å². The summed E-state index contributed by atoms with van der Waals surface area (Å²) in [4.78, 5) is 74.8. The summed E-state index contributed by atoms with van der Waals surface area (Å²) in [7, 11) is 5.21. The van der Waals surface area contributed by atoms with E-state index in [4.69, 9.17) is 25.2 Å². The Kier molecular flexibility index (Phi) is 13.0. The number of nitrogens with one attached hydrogen (secondary N) is 2. The number of hydrogen-bond donors (Lipinski definition) is 6. The average Bonchev–Trinajstić information content (AvgIpc) is 3.45. The van der Waals surface area contributed by atoms with E-state index in [-0.39, 0.29) is 11.8 Å². The van der Waals surface area contributed by atoms with Gasteiger partial charge in [0, 0.05) is 50.2 Å². The lowest BCUT2D eigenvalue weighted by Crippen LogP contribution is -2.48. The molecule has 0 atom stereocenters. The molecule has 0 saturated carbocycles. The first-order valence-corrected chi connectivity index (χ1v) is 16.4. The topological polar surface area (TPSA) is 226 Å². The van der Waals surface area contributed by atoms with Crippen molar-refractivity contribution in [2.24, 2.45) is 0 Å². The number of aliphatic hydroxyl groups is 1. The van der Waals surface area contributed by atoms with Crippen molar-refractivity contribution in [1.82, 2.24) is 9.80 Å². The van der Waals surface area contributed by atoms with Gasteiger partial charge in [-0.25, -0.2) is 9.59 Å². The standard InChI is InChI=1S/C31H33N5O4.C6H8O7/c1-34-15-17-36(18-16-34)20-27(37)35(2)24-12-10-23(11-13-24)32-29(21-7-5-4-6-8-21)28-25-14-9-22(31(39)40-3)19-26(25)33-30(28)38;7-3(8)1-6(13,5(11)12)2-4(9)10/h4-14,19,32H,15-18,20H2,1-3H3,(H,33,38);13H,1-2H2,(H,7,8)(H,9,10)(H,11,12)/b29-28-;. The van der Waals surface area contributed by atoms with Crippen LogP contribution in [-0.2, 0) is 28.7 Å². The van der Waals surface area contributed by atoms with Crippen LogP contribution in [0.5, 0.6) is 0 Å². The van der Waals surface area contributed by atoms with Crippen LogP contribution in [-0.4, -0.2) is 125 Å². The molecule has 3 aromatic rings. The van der Waals surface area contributed by atoms with Gasteiger partial charge in [0.25, 0.3) is 5.91 Å². The Morgan fingerprint density at radius 1 is 0.868 bits per heavy atom. The van der Waals surface area contributed by atoms with Gasteiger partial charge in [-0.1, -0.05) is 36.4 Å². The Labute approximate surface area is 304 Å². The lowest BCUT2D eigenvalue weighted by atomic mass is 9.96. The van der Waals surface area contributed by atoms with Crippen molar-refractivity contribution in [3.63, 3.8) is 0 Å². The zero-order chi connectivity index (χ0) is 38.9. The second kappa shape index (κ2) is 17.4. The molecule has 5 rings (SSSR count). The van der Waals surface area contributed by atoms with E-state index in [1.165, 1.54) is 7.11 Å². The quantitative estimate of drug-likeness (QED) is 0.116. The van der Waals surface area contributed by atoms with Gasteiger partial charge < -0.3 is 45.6 Å². The summed E-state index contributed by atoms with van der Waals surface area (Å²) in [6.45, 7) is 4.09. The number of likely N-dealkylation sites (N-methyl/N-ethyl adjacent to an activating group) is 2. The number of hydrogen-bond acceptors (Lipinski definition) is 11. The maximum Gasteiger partial charge on any atom is 0.337 e. The van der Waals surface area contributed by atoms with Gasteiger partial charge in [0.1, 0.15) is 0 Å². The predicted octanol–water partition coefficient (Wildman–Crippen LogP) is 2.37. The number of anilines is 3. The van der Waals surface area contributed by atoms with E-state index in [0.717, 1.165) is 43.1 Å². The lowest BCUT2D eigenvalue weighted by molar-refractivity contribution is -0.170. The molecule has 3 aromatic carbocycles. The summed E-state index contributed by atoms with van der Waals surface area (Å²) < 4.78 is 4.82. The molecule has 16 heteroatoms. The van der Waals surface area contributed by atoms with Crippen molar-refractivity contribution >= 4 is 64.0 Å². The lowest BCUT2D eigenvalue weighted by Gasteiger charge is -2.32. The number of methoxy groups -OCH3 is 1. The molecule has 1 fully saturated rings. The summed E-state index contributed by atoms with van der Waals surface area (Å²) in [5, 5.41) is 40.1. The molecular weight excluding hydrogens is 690 g/mol. The third-order valence-corrected chi connectivity index (χ3v) is 8.64. The van der Waals surface area contributed by atoms with Crippen LogP contribution >= 0.6 is 0 Å². The Hall–Kier alpha value is -6.10. The summed E-state index contributed by atoms with van der Waals surface area (Å²) >= 11 is 0. The molecule has 1 saturated heterocycles. The van der Waals surface area contributed by atoms with Crippen LogP contribution in [0, 0.1) is 0 Å². The second-order valence-electron chi connectivity index (χ2n) is 12.5. The molecule has 6 N–H and O–H groups in total. The van der Waals surface area contributed by atoms with Crippen molar-refractivity contribution in [2.45, 2.75) is 18.4 Å². The molecule has 0 unspecified atom stereocenters. The number of nitrogens with zero attached hydrogens (tertiary/aromatic N) is 3. The van der Waals surface area contributed by atoms with E-state index in [0.29, 0.717) is 34.6 Å². The number of fused-ring (bicyclic) bond motifs is 1. The Balaban J connectivity index is 0.000000413. The van der Waals surface area contributed by atoms with Crippen LogP contribution in [0.1, 0.15) is 34.3 Å². The molecule has 0 aromatic heterocycles. The Morgan fingerprint density at radius 2 is 1.47 bits per heavy atom. The number of rotatable bonds is 12. The van der Waals surface area contributed by atoms with E-state index >= 15 is 0 Å². The molecule has 0 bridgehead atoms. The van der Waals surface area contributed by atoms with Crippen LogP contribution in [0.25, 0.3) is 11.3 Å². The number of piperazine rings is 1.